The van der Waals surface area contributed by atoms with E-state index in [1.54, 1.807) is 11.8 Å². The van der Waals surface area contributed by atoms with Crippen LogP contribution in [0, 0.1) is 11.8 Å². The number of aromatic nitrogens is 1. The predicted octanol–water partition coefficient (Wildman–Crippen LogP) is 4.36. The second-order valence-corrected chi connectivity index (χ2v) is 8.53. The standard InChI is InChI=1S/C22H29N3OS/c1-17-10-12-25(13-11-17)21-9-8-19(14-23-21)15-24-22(26)18(2)16-27-20-6-4-3-5-7-20/h3-9,14,17-18H,10-13,15-16H2,1-2H3,(H,24,26). The number of nitrogens with zero attached hydrogens (tertiary/aromatic N) is 2. The van der Waals surface area contributed by atoms with Crippen LogP contribution in [0.1, 0.15) is 32.3 Å². The third-order valence-corrected chi connectivity index (χ3v) is 6.35. The minimum absolute atomic E-state index is 0.0298. The number of carbonyl (C=O) groups is 1. The Labute approximate surface area is 166 Å². The summed E-state index contributed by atoms with van der Waals surface area (Å²) in [5.74, 6) is 2.70. The van der Waals surface area contributed by atoms with Crippen molar-refractivity contribution in [3.8, 4) is 0 Å². The Morgan fingerprint density at radius 2 is 1.96 bits per heavy atom. The molecule has 1 atom stereocenters. The molecule has 2 heterocycles. The second kappa shape index (κ2) is 9.79. The lowest BCUT2D eigenvalue weighted by atomic mass is 9.99. The Kier molecular flexibility index (Phi) is 7.16. The SMILES string of the molecule is CC1CCN(c2ccc(CNC(=O)C(C)CSc3ccccc3)cn2)CC1. The van der Waals surface area contributed by atoms with Gasteiger partial charge in [0.05, 0.1) is 0 Å². The van der Waals surface area contributed by atoms with E-state index in [0.717, 1.165) is 36.1 Å². The number of piperidine rings is 1. The molecule has 0 radical (unpaired) electrons. The topological polar surface area (TPSA) is 45.2 Å². The summed E-state index contributed by atoms with van der Waals surface area (Å²) in [5.41, 5.74) is 1.04. The molecular formula is C22H29N3OS. The van der Waals surface area contributed by atoms with E-state index in [1.165, 1.54) is 17.7 Å². The third kappa shape index (κ3) is 5.99. The average Bonchev–Trinajstić information content (AvgIpc) is 2.72. The van der Waals surface area contributed by atoms with Crippen LogP contribution in [0.4, 0.5) is 5.82 Å². The molecule has 5 heteroatoms. The highest BCUT2D eigenvalue weighted by atomic mass is 32.2. The minimum Gasteiger partial charge on any atom is -0.357 e. The van der Waals surface area contributed by atoms with Gasteiger partial charge >= 0.3 is 0 Å². The number of carbonyl (C=O) groups excluding carboxylic acids is 1. The minimum atomic E-state index is -0.0298. The molecule has 3 rings (SSSR count). The zero-order valence-electron chi connectivity index (χ0n) is 16.2. The van der Waals surface area contributed by atoms with E-state index in [-0.39, 0.29) is 11.8 Å². The van der Waals surface area contributed by atoms with Gasteiger partial charge in [-0.3, -0.25) is 4.79 Å². The normalized spacial score (nSPS) is 16.1. The molecule has 27 heavy (non-hydrogen) atoms. The van der Waals surface area contributed by atoms with Crippen molar-refractivity contribution in [2.75, 3.05) is 23.7 Å². The fourth-order valence-electron chi connectivity index (χ4n) is 3.12. The number of amides is 1. The van der Waals surface area contributed by atoms with Crippen molar-refractivity contribution in [2.24, 2.45) is 11.8 Å². The summed E-state index contributed by atoms with van der Waals surface area (Å²) >= 11 is 1.72. The van der Waals surface area contributed by atoms with Crippen LogP contribution in [0.3, 0.4) is 0 Å². The van der Waals surface area contributed by atoms with Gasteiger partial charge in [-0.25, -0.2) is 4.98 Å². The fourth-order valence-corrected chi connectivity index (χ4v) is 4.07. The molecule has 4 nitrogen and oxygen atoms in total. The number of hydrogen-bond acceptors (Lipinski definition) is 4. The lowest BCUT2D eigenvalue weighted by molar-refractivity contribution is -0.124. The molecule has 1 aliphatic rings. The summed E-state index contributed by atoms with van der Waals surface area (Å²) in [5, 5.41) is 3.03. The number of benzene rings is 1. The zero-order chi connectivity index (χ0) is 19.1. The van der Waals surface area contributed by atoms with Gasteiger partial charge in [-0.05, 0) is 42.5 Å². The quantitative estimate of drug-likeness (QED) is 0.722. The molecule has 0 bridgehead atoms. The maximum atomic E-state index is 12.3. The van der Waals surface area contributed by atoms with E-state index >= 15 is 0 Å². The van der Waals surface area contributed by atoms with E-state index in [0.29, 0.717) is 6.54 Å². The van der Waals surface area contributed by atoms with Crippen molar-refractivity contribution in [1.82, 2.24) is 10.3 Å². The van der Waals surface area contributed by atoms with Gasteiger partial charge in [-0.2, -0.15) is 0 Å². The highest BCUT2D eigenvalue weighted by Crippen LogP contribution is 2.22. The monoisotopic (exact) mass is 383 g/mol. The van der Waals surface area contributed by atoms with Crippen molar-refractivity contribution in [2.45, 2.75) is 38.1 Å². The third-order valence-electron chi connectivity index (χ3n) is 5.07. The first-order valence-corrected chi connectivity index (χ1v) is 10.8. The highest BCUT2D eigenvalue weighted by molar-refractivity contribution is 7.99. The van der Waals surface area contributed by atoms with Crippen LogP contribution in [0.15, 0.2) is 53.6 Å². The van der Waals surface area contributed by atoms with Gasteiger partial charge in [0.25, 0.3) is 0 Å². The van der Waals surface area contributed by atoms with Crippen LogP contribution in [0.5, 0.6) is 0 Å². The Morgan fingerprint density at radius 3 is 2.63 bits per heavy atom. The van der Waals surface area contributed by atoms with Crippen molar-refractivity contribution >= 4 is 23.5 Å². The molecule has 0 aliphatic carbocycles. The molecule has 0 saturated carbocycles. The van der Waals surface area contributed by atoms with E-state index in [2.05, 4.69) is 46.4 Å². The number of pyridine rings is 1. The Balaban J connectivity index is 1.43. The molecule has 1 saturated heterocycles. The predicted molar refractivity (Wildman–Crippen MR) is 113 cm³/mol. The summed E-state index contributed by atoms with van der Waals surface area (Å²) in [6.07, 6.45) is 4.35. The summed E-state index contributed by atoms with van der Waals surface area (Å²) in [6, 6.07) is 14.3. The van der Waals surface area contributed by atoms with Crippen LogP contribution in [-0.2, 0) is 11.3 Å². The van der Waals surface area contributed by atoms with Crippen molar-refractivity contribution in [3.05, 3.63) is 54.2 Å². The molecule has 1 fully saturated rings. The molecular weight excluding hydrogens is 354 g/mol. The Morgan fingerprint density at radius 1 is 1.22 bits per heavy atom. The number of thioether (sulfide) groups is 1. The number of hydrogen-bond donors (Lipinski definition) is 1. The molecule has 2 aromatic rings. The van der Waals surface area contributed by atoms with Gasteiger partial charge < -0.3 is 10.2 Å². The molecule has 1 aromatic heterocycles. The molecule has 1 N–H and O–H groups in total. The molecule has 1 aliphatic heterocycles. The highest BCUT2D eigenvalue weighted by Gasteiger charge is 2.17. The van der Waals surface area contributed by atoms with Gasteiger partial charge in [0.1, 0.15) is 5.82 Å². The van der Waals surface area contributed by atoms with Gasteiger partial charge in [-0.15, -0.1) is 11.8 Å². The van der Waals surface area contributed by atoms with E-state index in [4.69, 9.17) is 0 Å². The van der Waals surface area contributed by atoms with Crippen molar-refractivity contribution in [3.63, 3.8) is 0 Å². The number of anilines is 1. The summed E-state index contributed by atoms with van der Waals surface area (Å²) < 4.78 is 0. The van der Waals surface area contributed by atoms with Crippen molar-refractivity contribution in [1.29, 1.82) is 0 Å². The van der Waals surface area contributed by atoms with Crippen LogP contribution in [0.25, 0.3) is 0 Å². The first-order chi connectivity index (χ1) is 13.1. The van der Waals surface area contributed by atoms with E-state index in [1.807, 2.05) is 31.3 Å². The lowest BCUT2D eigenvalue weighted by Gasteiger charge is -2.31. The van der Waals surface area contributed by atoms with Gasteiger partial charge in [0.2, 0.25) is 5.91 Å². The van der Waals surface area contributed by atoms with Crippen LogP contribution >= 0.6 is 11.8 Å². The molecule has 1 unspecified atom stereocenters. The average molecular weight is 384 g/mol. The lowest BCUT2D eigenvalue weighted by Crippen LogP contribution is -2.33. The summed E-state index contributed by atoms with van der Waals surface area (Å²) in [7, 11) is 0. The molecule has 144 valence electrons. The van der Waals surface area contributed by atoms with Crippen LogP contribution in [-0.4, -0.2) is 29.7 Å². The van der Waals surface area contributed by atoms with Crippen LogP contribution in [0.2, 0.25) is 0 Å². The fraction of sp³-hybridized carbons (Fsp3) is 0.455. The Bertz CT molecular complexity index is 712. The molecule has 1 amide bonds. The molecule has 1 aromatic carbocycles. The Hall–Kier alpha value is -2.01. The second-order valence-electron chi connectivity index (χ2n) is 7.44. The maximum Gasteiger partial charge on any atom is 0.223 e. The van der Waals surface area contributed by atoms with Crippen LogP contribution < -0.4 is 10.2 Å². The summed E-state index contributed by atoms with van der Waals surface area (Å²) in [6.45, 7) is 6.99. The molecule has 0 spiro atoms. The first kappa shape index (κ1) is 19.7. The van der Waals surface area contributed by atoms with E-state index < -0.39 is 0 Å². The van der Waals surface area contributed by atoms with Crippen molar-refractivity contribution < 1.29 is 4.79 Å². The smallest absolute Gasteiger partial charge is 0.223 e. The van der Waals surface area contributed by atoms with Gasteiger partial charge in [-0.1, -0.05) is 38.1 Å². The largest absolute Gasteiger partial charge is 0.357 e. The zero-order valence-corrected chi connectivity index (χ0v) is 17.0. The maximum absolute atomic E-state index is 12.3. The first-order valence-electron chi connectivity index (χ1n) is 9.77. The number of nitrogens with one attached hydrogen (secondary N) is 1. The summed E-state index contributed by atoms with van der Waals surface area (Å²) in [4.78, 5) is 20.5. The van der Waals surface area contributed by atoms with Gasteiger partial charge in [0, 0.05) is 42.4 Å². The van der Waals surface area contributed by atoms with Gasteiger partial charge in [0.15, 0.2) is 0 Å². The van der Waals surface area contributed by atoms with E-state index in [9.17, 15) is 4.79 Å². The number of rotatable bonds is 7.